The average molecular weight is 216 g/mol. The predicted octanol–water partition coefficient (Wildman–Crippen LogP) is 0.296. The molecule has 1 radical (unpaired) electrons. The summed E-state index contributed by atoms with van der Waals surface area (Å²) in [6.07, 6.45) is 1.60. The Morgan fingerprint density at radius 2 is 2.00 bits per heavy atom. The molecule has 0 N–H and O–H groups in total. The molecule has 0 spiro atoms. The molecule has 0 aliphatic carbocycles. The number of hydrogen-bond acceptors (Lipinski definition) is 4. The molecule has 1 aromatic rings. The van der Waals surface area contributed by atoms with Crippen LogP contribution in [-0.2, 0) is 14.8 Å². The molecule has 1 heterocycles. The van der Waals surface area contributed by atoms with Gasteiger partial charge in [0.25, 0.3) is 10.0 Å². The minimum absolute atomic E-state index is 0.130. The Balaban J connectivity index is 3.28. The fourth-order valence-electron chi connectivity index (χ4n) is 0.863. The summed E-state index contributed by atoms with van der Waals surface area (Å²) < 4.78 is 29.0. The minimum atomic E-state index is -3.60. The second kappa shape index (κ2) is 3.55. The van der Waals surface area contributed by atoms with Crippen LogP contribution < -0.4 is 0 Å². The van der Waals surface area contributed by atoms with Gasteiger partial charge < -0.3 is 4.42 Å². The molecule has 0 saturated heterocycles. The largest absolute Gasteiger partial charge is 0.448 e. The van der Waals surface area contributed by atoms with Crippen molar-refractivity contribution in [2.75, 3.05) is 14.1 Å². The van der Waals surface area contributed by atoms with Crippen molar-refractivity contribution >= 4 is 16.3 Å². The lowest BCUT2D eigenvalue weighted by Gasteiger charge is -2.07. The summed E-state index contributed by atoms with van der Waals surface area (Å²) in [6.45, 7) is 1.51. The Kier molecular flexibility index (Phi) is 2.77. The van der Waals surface area contributed by atoms with Crippen molar-refractivity contribution in [1.29, 1.82) is 0 Å². The Bertz CT molecular complexity index is 444. The zero-order valence-electron chi connectivity index (χ0n) is 8.07. The summed E-state index contributed by atoms with van der Waals surface area (Å²) in [5.74, 6) is 0.250. The van der Waals surface area contributed by atoms with E-state index in [9.17, 15) is 13.2 Å². The quantitative estimate of drug-likeness (QED) is 0.728. The maximum Gasteiger partial charge on any atom is 0.275 e. The van der Waals surface area contributed by atoms with E-state index >= 15 is 0 Å². The van der Waals surface area contributed by atoms with Crippen LogP contribution in [0, 0.1) is 6.92 Å². The maximum absolute atomic E-state index is 11.5. The molecule has 0 amide bonds. The molecule has 0 aliphatic rings. The van der Waals surface area contributed by atoms with E-state index in [0.29, 0.717) is 0 Å². The van der Waals surface area contributed by atoms with Gasteiger partial charge in [0.1, 0.15) is 5.76 Å². The molecule has 0 atom stereocenters. The number of rotatable bonds is 3. The Morgan fingerprint density at radius 3 is 2.36 bits per heavy atom. The van der Waals surface area contributed by atoms with Crippen LogP contribution in [0.4, 0.5) is 0 Å². The van der Waals surface area contributed by atoms with E-state index in [4.69, 9.17) is 4.42 Å². The van der Waals surface area contributed by atoms with E-state index < -0.39 is 10.0 Å². The standard InChI is InChI=1S/C8H10NO4S/c1-6-7(5-10)4-8(13-6)14(11,12)9(2)3/h4H,1-3H3. The second-order valence-corrected chi connectivity index (χ2v) is 5.01. The third-order valence-corrected chi connectivity index (χ3v) is 3.41. The highest BCUT2D eigenvalue weighted by atomic mass is 32.2. The van der Waals surface area contributed by atoms with Crippen molar-refractivity contribution < 1.29 is 17.6 Å². The van der Waals surface area contributed by atoms with Gasteiger partial charge in [-0.2, -0.15) is 0 Å². The molecule has 0 bridgehead atoms. The zero-order valence-corrected chi connectivity index (χ0v) is 8.88. The normalized spacial score (nSPS) is 12.0. The van der Waals surface area contributed by atoms with Crippen LogP contribution in [0.5, 0.6) is 0 Å². The molecule has 6 heteroatoms. The highest BCUT2D eigenvalue weighted by Gasteiger charge is 2.23. The fraction of sp³-hybridized carbons (Fsp3) is 0.375. The van der Waals surface area contributed by atoms with E-state index in [1.807, 2.05) is 0 Å². The third-order valence-electron chi connectivity index (χ3n) is 1.74. The van der Waals surface area contributed by atoms with E-state index in [1.54, 1.807) is 6.29 Å². The Morgan fingerprint density at radius 1 is 1.43 bits per heavy atom. The zero-order chi connectivity index (χ0) is 10.9. The first kappa shape index (κ1) is 10.9. The molecular formula is C8H10NO4S. The molecule has 77 valence electrons. The molecule has 1 rings (SSSR count). The first-order valence-electron chi connectivity index (χ1n) is 3.80. The first-order valence-corrected chi connectivity index (χ1v) is 5.24. The highest BCUT2D eigenvalue weighted by Crippen LogP contribution is 2.19. The molecule has 0 fully saturated rings. The summed E-state index contributed by atoms with van der Waals surface area (Å²) in [5.41, 5.74) is 0.130. The Hall–Kier alpha value is -1.14. The van der Waals surface area contributed by atoms with Crippen molar-refractivity contribution in [3.63, 3.8) is 0 Å². The minimum Gasteiger partial charge on any atom is -0.448 e. The predicted molar refractivity (Wildman–Crippen MR) is 49.1 cm³/mol. The van der Waals surface area contributed by atoms with Crippen LogP contribution in [0.3, 0.4) is 0 Å². The van der Waals surface area contributed by atoms with Crippen LogP contribution >= 0.6 is 0 Å². The van der Waals surface area contributed by atoms with Crippen LogP contribution in [0.1, 0.15) is 11.3 Å². The lowest BCUT2D eigenvalue weighted by Crippen LogP contribution is -2.21. The molecule has 0 aliphatic heterocycles. The highest BCUT2D eigenvalue weighted by molar-refractivity contribution is 7.88. The lowest BCUT2D eigenvalue weighted by molar-refractivity contribution is 0.409. The van der Waals surface area contributed by atoms with Gasteiger partial charge in [-0.05, 0) is 6.92 Å². The van der Waals surface area contributed by atoms with Crippen LogP contribution in [0.25, 0.3) is 0 Å². The third kappa shape index (κ3) is 1.71. The average Bonchev–Trinajstić information content (AvgIpc) is 2.47. The smallest absolute Gasteiger partial charge is 0.275 e. The number of hydrogen-bond donors (Lipinski definition) is 0. The van der Waals surface area contributed by atoms with Crippen molar-refractivity contribution in [3.05, 3.63) is 17.4 Å². The van der Waals surface area contributed by atoms with Crippen molar-refractivity contribution in [2.24, 2.45) is 0 Å². The number of sulfonamides is 1. The lowest BCUT2D eigenvalue weighted by atomic mass is 10.3. The molecule has 0 aromatic carbocycles. The Labute approximate surface area is 82.4 Å². The van der Waals surface area contributed by atoms with Crippen LogP contribution in [0.15, 0.2) is 15.6 Å². The van der Waals surface area contributed by atoms with Gasteiger partial charge in [0, 0.05) is 20.2 Å². The van der Waals surface area contributed by atoms with Gasteiger partial charge >= 0.3 is 0 Å². The van der Waals surface area contributed by atoms with Crippen molar-refractivity contribution in [3.8, 4) is 0 Å². The molecular weight excluding hydrogens is 206 g/mol. The van der Waals surface area contributed by atoms with Gasteiger partial charge in [0.05, 0.1) is 5.56 Å². The number of aryl methyl sites for hydroxylation is 1. The summed E-state index contributed by atoms with van der Waals surface area (Å²) in [6, 6.07) is 1.16. The molecule has 14 heavy (non-hydrogen) atoms. The first-order chi connectivity index (χ1) is 6.39. The molecule has 0 saturated carbocycles. The topological polar surface area (TPSA) is 67.6 Å². The van der Waals surface area contributed by atoms with E-state index in [0.717, 1.165) is 10.4 Å². The number of carbonyl (C=O) groups excluding carboxylic acids is 1. The summed E-state index contributed by atoms with van der Waals surface area (Å²) in [4.78, 5) is 10.3. The second-order valence-electron chi connectivity index (χ2n) is 2.92. The summed E-state index contributed by atoms with van der Waals surface area (Å²) in [7, 11) is -0.828. The van der Waals surface area contributed by atoms with Gasteiger partial charge in [-0.1, -0.05) is 0 Å². The number of furan rings is 1. The number of nitrogens with zero attached hydrogens (tertiary/aromatic N) is 1. The van der Waals surface area contributed by atoms with Gasteiger partial charge in [-0.25, -0.2) is 12.7 Å². The van der Waals surface area contributed by atoms with E-state index in [2.05, 4.69) is 0 Å². The van der Waals surface area contributed by atoms with Gasteiger partial charge in [0.15, 0.2) is 0 Å². The van der Waals surface area contributed by atoms with Gasteiger partial charge in [-0.15, -0.1) is 0 Å². The van der Waals surface area contributed by atoms with Crippen LogP contribution in [-0.4, -0.2) is 33.1 Å². The molecule has 0 unspecified atom stereocenters. The van der Waals surface area contributed by atoms with Gasteiger partial charge in [0.2, 0.25) is 11.4 Å². The summed E-state index contributed by atoms with van der Waals surface area (Å²) >= 11 is 0. The SMILES string of the molecule is Cc1oc(S(=O)(=O)N(C)C)cc1[C]=O. The summed E-state index contributed by atoms with van der Waals surface area (Å²) in [5, 5.41) is -0.238. The van der Waals surface area contributed by atoms with E-state index in [-0.39, 0.29) is 16.4 Å². The van der Waals surface area contributed by atoms with Crippen molar-refractivity contribution in [2.45, 2.75) is 12.0 Å². The fourth-order valence-corrected chi connectivity index (χ4v) is 1.72. The van der Waals surface area contributed by atoms with E-state index in [1.165, 1.54) is 21.0 Å². The monoisotopic (exact) mass is 216 g/mol. The van der Waals surface area contributed by atoms with Crippen LogP contribution in [0.2, 0.25) is 0 Å². The molecule has 5 nitrogen and oxygen atoms in total. The van der Waals surface area contributed by atoms with Crippen molar-refractivity contribution in [1.82, 2.24) is 4.31 Å². The maximum atomic E-state index is 11.5. The molecule has 1 aromatic heterocycles. The van der Waals surface area contributed by atoms with Gasteiger partial charge in [-0.3, -0.25) is 4.79 Å².